The van der Waals surface area contributed by atoms with E-state index in [1.807, 2.05) is 12.3 Å². The highest BCUT2D eigenvalue weighted by molar-refractivity contribution is 7.18. The van der Waals surface area contributed by atoms with Crippen LogP contribution in [-0.4, -0.2) is 62.5 Å². The maximum atomic E-state index is 5.52. The minimum Gasteiger partial charge on any atom is -0.370 e. The molecule has 0 radical (unpaired) electrons. The SMILES string of the molecule is Cc1sc2nc(C[NH+]3CCOCC3)nc(N3CCN(c4cccc[nH+]4)CC3)c2c1C. The molecule has 0 aromatic carbocycles. The summed E-state index contributed by atoms with van der Waals surface area (Å²) in [5, 5.41) is 1.25. The van der Waals surface area contributed by atoms with Gasteiger partial charge in [0.1, 0.15) is 43.4 Å². The topological polar surface area (TPSA) is 60.1 Å². The number of ether oxygens (including phenoxy) is 1. The lowest BCUT2D eigenvalue weighted by Crippen LogP contribution is -3.12. The molecule has 3 aromatic rings. The summed E-state index contributed by atoms with van der Waals surface area (Å²) in [6.45, 7) is 12.9. The highest BCUT2D eigenvalue weighted by Crippen LogP contribution is 2.35. The summed E-state index contributed by atoms with van der Waals surface area (Å²) in [4.78, 5) is 22.3. The second-order valence-corrected chi connectivity index (χ2v) is 9.39. The van der Waals surface area contributed by atoms with Crippen LogP contribution >= 0.6 is 11.3 Å². The number of nitrogens with zero attached hydrogens (tertiary/aromatic N) is 4. The van der Waals surface area contributed by atoms with E-state index in [-0.39, 0.29) is 0 Å². The first-order chi connectivity index (χ1) is 14.7. The van der Waals surface area contributed by atoms with Crippen molar-refractivity contribution in [3.8, 4) is 0 Å². The second kappa shape index (κ2) is 8.45. The minimum atomic E-state index is 0.833. The van der Waals surface area contributed by atoms with Gasteiger partial charge in [-0.15, -0.1) is 11.3 Å². The molecular weight excluding hydrogens is 396 g/mol. The third kappa shape index (κ3) is 3.87. The zero-order valence-corrected chi connectivity index (χ0v) is 18.6. The average Bonchev–Trinajstić information content (AvgIpc) is 3.08. The van der Waals surface area contributed by atoms with Gasteiger partial charge in [-0.2, -0.15) is 0 Å². The Bertz CT molecular complexity index is 1010. The standard InChI is InChI=1S/C22H28N6OS/c1-16-17(2)30-22-20(16)21(24-18(25-22)15-26-11-13-29-14-12-26)28-9-7-27(8-10-28)19-5-3-4-6-23-19/h3-6H,7-15H2,1-2H3/p+2. The molecule has 0 bridgehead atoms. The van der Waals surface area contributed by atoms with Crippen molar-refractivity contribution >= 4 is 33.2 Å². The third-order valence-corrected chi connectivity index (χ3v) is 7.38. The van der Waals surface area contributed by atoms with Crippen molar-refractivity contribution in [2.45, 2.75) is 20.4 Å². The van der Waals surface area contributed by atoms with Crippen molar-refractivity contribution in [3.63, 3.8) is 0 Å². The van der Waals surface area contributed by atoms with Crippen molar-refractivity contribution < 1.29 is 14.6 Å². The summed E-state index contributed by atoms with van der Waals surface area (Å²) >= 11 is 1.80. The molecule has 0 spiro atoms. The molecule has 158 valence electrons. The van der Waals surface area contributed by atoms with E-state index in [1.165, 1.54) is 26.5 Å². The number of aryl methyl sites for hydroxylation is 2. The van der Waals surface area contributed by atoms with Gasteiger partial charge in [0.2, 0.25) is 0 Å². The number of H-pyrrole nitrogens is 1. The van der Waals surface area contributed by atoms with Gasteiger partial charge in [0.15, 0.2) is 5.82 Å². The van der Waals surface area contributed by atoms with Crippen LogP contribution in [-0.2, 0) is 11.3 Å². The van der Waals surface area contributed by atoms with E-state index in [2.05, 4.69) is 40.8 Å². The Morgan fingerprint density at radius 2 is 1.83 bits per heavy atom. The summed E-state index contributed by atoms with van der Waals surface area (Å²) in [6, 6.07) is 6.26. The highest BCUT2D eigenvalue weighted by atomic mass is 32.1. The Labute approximate surface area is 181 Å². The summed E-state index contributed by atoms with van der Waals surface area (Å²) in [5.41, 5.74) is 1.33. The van der Waals surface area contributed by atoms with Gasteiger partial charge in [0.25, 0.3) is 5.82 Å². The van der Waals surface area contributed by atoms with Gasteiger partial charge >= 0.3 is 0 Å². The number of aromatic amines is 1. The smallest absolute Gasteiger partial charge is 0.274 e. The van der Waals surface area contributed by atoms with Crippen molar-refractivity contribution in [2.24, 2.45) is 0 Å². The Kier molecular flexibility index (Phi) is 5.54. The molecule has 3 aromatic heterocycles. The van der Waals surface area contributed by atoms with Crippen molar-refractivity contribution in [2.75, 3.05) is 62.3 Å². The number of quaternary nitrogens is 1. The number of rotatable bonds is 4. The Balaban J connectivity index is 1.42. The van der Waals surface area contributed by atoms with E-state index in [9.17, 15) is 0 Å². The van der Waals surface area contributed by atoms with E-state index in [1.54, 1.807) is 11.3 Å². The van der Waals surface area contributed by atoms with Gasteiger partial charge in [0, 0.05) is 10.9 Å². The molecule has 0 amide bonds. The summed E-state index contributed by atoms with van der Waals surface area (Å²) < 4.78 is 5.52. The molecule has 0 atom stereocenters. The Morgan fingerprint density at radius 1 is 1.07 bits per heavy atom. The molecule has 5 rings (SSSR count). The number of nitrogens with one attached hydrogen (secondary N) is 2. The molecule has 2 saturated heterocycles. The molecule has 2 aliphatic heterocycles. The quantitative estimate of drug-likeness (QED) is 0.671. The van der Waals surface area contributed by atoms with Crippen LogP contribution in [0, 0.1) is 13.8 Å². The van der Waals surface area contributed by atoms with Gasteiger partial charge in [-0.3, -0.25) is 4.90 Å². The lowest BCUT2D eigenvalue weighted by molar-refractivity contribution is -0.922. The number of fused-ring (bicyclic) bond motifs is 1. The van der Waals surface area contributed by atoms with E-state index in [4.69, 9.17) is 14.7 Å². The van der Waals surface area contributed by atoms with E-state index in [0.717, 1.165) is 75.5 Å². The maximum absolute atomic E-state index is 5.52. The number of pyridine rings is 1. The Hall–Kier alpha value is -2.29. The molecule has 2 fully saturated rings. The maximum Gasteiger partial charge on any atom is 0.274 e. The molecule has 2 aliphatic rings. The number of thiophene rings is 1. The van der Waals surface area contributed by atoms with Gasteiger partial charge in [-0.25, -0.2) is 15.0 Å². The molecular formula is C22H30N6OS+2. The first-order valence-electron chi connectivity index (χ1n) is 10.8. The van der Waals surface area contributed by atoms with E-state index >= 15 is 0 Å². The first-order valence-corrected chi connectivity index (χ1v) is 11.7. The van der Waals surface area contributed by atoms with Gasteiger partial charge in [-0.05, 0) is 25.5 Å². The van der Waals surface area contributed by atoms with Crippen molar-refractivity contribution in [1.29, 1.82) is 0 Å². The predicted octanol–water partition coefficient (Wildman–Crippen LogP) is 0.864. The molecule has 5 heterocycles. The average molecular weight is 427 g/mol. The first kappa shape index (κ1) is 19.7. The van der Waals surface area contributed by atoms with E-state index in [0.29, 0.717) is 0 Å². The normalized spacial score (nSPS) is 18.3. The summed E-state index contributed by atoms with van der Waals surface area (Å²) in [6.07, 6.45) is 1.99. The number of hydrogen-bond donors (Lipinski definition) is 1. The zero-order chi connectivity index (χ0) is 20.5. The number of piperazine rings is 1. The van der Waals surface area contributed by atoms with Crippen LogP contribution in [0.1, 0.15) is 16.3 Å². The molecule has 0 unspecified atom stereocenters. The van der Waals surface area contributed by atoms with Gasteiger partial charge in [-0.1, -0.05) is 6.07 Å². The number of hydrogen-bond acceptors (Lipinski definition) is 6. The third-order valence-electron chi connectivity index (χ3n) is 6.28. The molecule has 2 N–H and O–H groups in total. The molecule has 0 aliphatic carbocycles. The van der Waals surface area contributed by atoms with E-state index < -0.39 is 0 Å². The monoisotopic (exact) mass is 426 g/mol. The van der Waals surface area contributed by atoms with Crippen LogP contribution < -0.4 is 19.7 Å². The van der Waals surface area contributed by atoms with Crippen LogP contribution in [0.2, 0.25) is 0 Å². The van der Waals surface area contributed by atoms with Gasteiger partial charge in [0.05, 0.1) is 37.9 Å². The minimum absolute atomic E-state index is 0.833. The van der Waals surface area contributed by atoms with Crippen LogP contribution in [0.4, 0.5) is 11.6 Å². The molecule has 7 nitrogen and oxygen atoms in total. The van der Waals surface area contributed by atoms with Crippen molar-refractivity contribution in [3.05, 3.63) is 40.7 Å². The lowest BCUT2D eigenvalue weighted by atomic mass is 10.2. The van der Waals surface area contributed by atoms with Crippen molar-refractivity contribution in [1.82, 2.24) is 9.97 Å². The predicted molar refractivity (Wildman–Crippen MR) is 120 cm³/mol. The van der Waals surface area contributed by atoms with Crippen LogP contribution in [0.15, 0.2) is 24.4 Å². The largest absolute Gasteiger partial charge is 0.370 e. The fraction of sp³-hybridized carbons (Fsp3) is 0.500. The van der Waals surface area contributed by atoms with Crippen LogP contribution in [0.25, 0.3) is 10.2 Å². The lowest BCUT2D eigenvalue weighted by Gasteiger charge is -2.32. The number of aromatic nitrogens is 3. The van der Waals surface area contributed by atoms with Crippen LogP contribution in [0.5, 0.6) is 0 Å². The number of morpholine rings is 1. The summed E-state index contributed by atoms with van der Waals surface area (Å²) in [7, 11) is 0. The fourth-order valence-electron chi connectivity index (χ4n) is 4.38. The molecule has 8 heteroatoms. The highest BCUT2D eigenvalue weighted by Gasteiger charge is 2.27. The van der Waals surface area contributed by atoms with Crippen LogP contribution in [0.3, 0.4) is 0 Å². The fourth-order valence-corrected chi connectivity index (χ4v) is 5.42. The Morgan fingerprint density at radius 3 is 2.57 bits per heavy atom. The number of anilines is 2. The molecule has 0 saturated carbocycles. The molecule has 30 heavy (non-hydrogen) atoms. The zero-order valence-electron chi connectivity index (χ0n) is 17.8. The summed E-state index contributed by atoms with van der Waals surface area (Å²) in [5.74, 6) is 3.28. The van der Waals surface area contributed by atoms with Gasteiger partial charge < -0.3 is 14.5 Å². The second-order valence-electron chi connectivity index (χ2n) is 8.19.